The van der Waals surface area contributed by atoms with Crippen molar-refractivity contribution in [1.82, 2.24) is 4.98 Å². The Kier molecular flexibility index (Phi) is 9.03. The second kappa shape index (κ2) is 11.3. The maximum absolute atomic E-state index is 13.0. The number of rotatable bonds is 9. The quantitative estimate of drug-likeness (QED) is 0.476. The van der Waals surface area contributed by atoms with Crippen LogP contribution in [-0.4, -0.2) is 42.5 Å². The van der Waals surface area contributed by atoms with Gasteiger partial charge in [-0.2, -0.15) is 0 Å². The van der Waals surface area contributed by atoms with Crippen molar-refractivity contribution < 1.29 is 28.5 Å². The van der Waals surface area contributed by atoms with Crippen molar-refractivity contribution in [2.45, 2.75) is 65.9 Å². The van der Waals surface area contributed by atoms with Crippen LogP contribution in [0.1, 0.15) is 58.9 Å². The lowest BCUT2D eigenvalue weighted by atomic mass is 10.2. The molecule has 9 heteroatoms. The van der Waals surface area contributed by atoms with Gasteiger partial charge >= 0.3 is 12.1 Å². The molecular weight excluding hydrogens is 432 g/mol. The molecular formula is C23H32N2O6S. The smallest absolute Gasteiger partial charge is 0.416 e. The Balaban J connectivity index is 2.36. The number of amides is 1. The highest BCUT2D eigenvalue weighted by Gasteiger charge is 2.30. The Morgan fingerprint density at radius 3 is 2.34 bits per heavy atom. The summed E-state index contributed by atoms with van der Waals surface area (Å²) in [6.07, 6.45) is -1.72. The van der Waals surface area contributed by atoms with Gasteiger partial charge in [-0.1, -0.05) is 12.1 Å². The first-order valence-electron chi connectivity index (χ1n) is 10.4. The van der Waals surface area contributed by atoms with E-state index >= 15 is 0 Å². The van der Waals surface area contributed by atoms with Crippen LogP contribution < -0.4 is 9.64 Å². The Labute approximate surface area is 193 Å². The molecule has 8 nitrogen and oxygen atoms in total. The summed E-state index contributed by atoms with van der Waals surface area (Å²) < 4.78 is 21.7. The van der Waals surface area contributed by atoms with Crippen LogP contribution in [0.4, 0.5) is 9.93 Å². The lowest BCUT2D eigenvalue weighted by molar-refractivity contribution is -0.160. The number of anilines is 1. The number of ether oxygens (including phenoxy) is 4. The first-order chi connectivity index (χ1) is 15.0. The molecule has 0 spiro atoms. The highest BCUT2D eigenvalue weighted by Crippen LogP contribution is 2.30. The monoisotopic (exact) mass is 464 g/mol. The summed E-state index contributed by atoms with van der Waals surface area (Å²) in [5, 5.41) is 2.09. The molecule has 0 aliphatic rings. The minimum absolute atomic E-state index is 0.212. The molecule has 0 fully saturated rings. The fourth-order valence-electron chi connectivity index (χ4n) is 2.70. The number of benzene rings is 1. The fourth-order valence-corrected chi connectivity index (χ4v) is 3.52. The summed E-state index contributed by atoms with van der Waals surface area (Å²) in [7, 11) is 1.60. The maximum Gasteiger partial charge on any atom is 0.416 e. The lowest BCUT2D eigenvalue weighted by Gasteiger charge is -2.26. The van der Waals surface area contributed by atoms with E-state index in [0.29, 0.717) is 10.8 Å². The summed E-state index contributed by atoms with van der Waals surface area (Å²) in [6, 6.07) is 7.38. The standard InChI is InChI=1S/C23H32N2O6S/c1-8-29-20(26)19(30-15(2)3)18-14-32-21(24-18)25(22(27)31-23(4,5)6)13-16-9-11-17(28-7)12-10-16/h9-12,14-15,19H,8,13H2,1-7H3. The SMILES string of the molecule is CCOC(=O)C(OC(C)C)c1csc(N(Cc2ccc(OC)cc2)C(=O)OC(C)(C)C)n1. The number of hydrogen-bond acceptors (Lipinski definition) is 8. The van der Waals surface area contributed by atoms with E-state index in [1.807, 2.05) is 38.1 Å². The van der Waals surface area contributed by atoms with Crippen LogP contribution in [0.5, 0.6) is 5.75 Å². The van der Waals surface area contributed by atoms with Crippen molar-refractivity contribution in [3.8, 4) is 5.75 Å². The zero-order chi connectivity index (χ0) is 23.9. The molecule has 32 heavy (non-hydrogen) atoms. The summed E-state index contributed by atoms with van der Waals surface area (Å²) in [6.45, 7) is 11.3. The Hall–Kier alpha value is -2.65. The minimum atomic E-state index is -0.971. The van der Waals surface area contributed by atoms with E-state index in [4.69, 9.17) is 18.9 Å². The van der Waals surface area contributed by atoms with E-state index in [1.165, 1.54) is 16.2 Å². The molecule has 0 saturated heterocycles. The number of esters is 1. The maximum atomic E-state index is 13.0. The van der Waals surface area contributed by atoms with E-state index < -0.39 is 23.8 Å². The predicted molar refractivity (Wildman–Crippen MR) is 123 cm³/mol. The number of carbonyl (C=O) groups is 2. The van der Waals surface area contributed by atoms with Crippen molar-refractivity contribution >= 4 is 28.5 Å². The molecule has 176 valence electrons. The molecule has 0 aliphatic carbocycles. The van der Waals surface area contributed by atoms with Crippen molar-refractivity contribution in [2.75, 3.05) is 18.6 Å². The van der Waals surface area contributed by atoms with Crippen LogP contribution in [0.3, 0.4) is 0 Å². The molecule has 1 atom stereocenters. The number of hydrogen-bond donors (Lipinski definition) is 0. The molecule has 0 radical (unpaired) electrons. The molecule has 0 N–H and O–H groups in total. The van der Waals surface area contributed by atoms with Crippen LogP contribution in [0.25, 0.3) is 0 Å². The number of carbonyl (C=O) groups excluding carboxylic acids is 2. The van der Waals surface area contributed by atoms with E-state index in [-0.39, 0.29) is 19.3 Å². The fraction of sp³-hybridized carbons (Fsp3) is 0.522. The summed E-state index contributed by atoms with van der Waals surface area (Å²) in [4.78, 5) is 31.4. The average Bonchev–Trinajstić information content (AvgIpc) is 3.18. The second-order valence-electron chi connectivity index (χ2n) is 8.29. The first kappa shape index (κ1) is 25.6. The van der Waals surface area contributed by atoms with E-state index in [1.54, 1.807) is 40.2 Å². The van der Waals surface area contributed by atoms with Crippen molar-refractivity contribution in [3.63, 3.8) is 0 Å². The largest absolute Gasteiger partial charge is 0.497 e. The molecule has 0 bridgehead atoms. The predicted octanol–water partition coefficient (Wildman–Crippen LogP) is 5.12. The third kappa shape index (κ3) is 7.49. The molecule has 2 rings (SSSR count). The Morgan fingerprint density at radius 1 is 1.16 bits per heavy atom. The first-order valence-corrected chi connectivity index (χ1v) is 11.3. The molecule has 2 aromatic rings. The number of thiazole rings is 1. The molecule has 1 unspecified atom stereocenters. The summed E-state index contributed by atoms with van der Waals surface area (Å²) >= 11 is 1.23. The van der Waals surface area contributed by atoms with Gasteiger partial charge < -0.3 is 18.9 Å². The third-order valence-electron chi connectivity index (χ3n) is 4.03. The van der Waals surface area contributed by atoms with Gasteiger partial charge in [0, 0.05) is 5.38 Å². The van der Waals surface area contributed by atoms with Gasteiger partial charge in [0.15, 0.2) is 11.2 Å². The zero-order valence-corrected chi connectivity index (χ0v) is 20.5. The van der Waals surface area contributed by atoms with E-state index in [0.717, 1.165) is 11.3 Å². The average molecular weight is 465 g/mol. The third-order valence-corrected chi connectivity index (χ3v) is 4.91. The van der Waals surface area contributed by atoms with Gasteiger partial charge in [-0.05, 0) is 59.2 Å². The van der Waals surface area contributed by atoms with Crippen LogP contribution in [0.2, 0.25) is 0 Å². The van der Waals surface area contributed by atoms with Crippen molar-refractivity contribution in [2.24, 2.45) is 0 Å². The number of aromatic nitrogens is 1. The molecule has 1 aromatic heterocycles. The highest BCUT2D eigenvalue weighted by molar-refractivity contribution is 7.14. The summed E-state index contributed by atoms with van der Waals surface area (Å²) in [5.74, 6) is 0.203. The Bertz CT molecular complexity index is 889. The van der Waals surface area contributed by atoms with Crippen molar-refractivity contribution in [1.29, 1.82) is 0 Å². The second-order valence-corrected chi connectivity index (χ2v) is 9.12. The zero-order valence-electron chi connectivity index (χ0n) is 19.7. The molecule has 1 amide bonds. The van der Waals surface area contributed by atoms with Crippen LogP contribution in [0.15, 0.2) is 29.6 Å². The highest BCUT2D eigenvalue weighted by atomic mass is 32.1. The molecule has 0 saturated carbocycles. The lowest BCUT2D eigenvalue weighted by Crippen LogP contribution is -2.36. The minimum Gasteiger partial charge on any atom is -0.497 e. The van der Waals surface area contributed by atoms with E-state index in [9.17, 15) is 9.59 Å². The van der Waals surface area contributed by atoms with Crippen LogP contribution in [0, 0.1) is 0 Å². The number of nitrogens with zero attached hydrogens (tertiary/aromatic N) is 2. The Morgan fingerprint density at radius 2 is 1.81 bits per heavy atom. The van der Waals surface area contributed by atoms with Gasteiger partial charge in [-0.15, -0.1) is 11.3 Å². The summed E-state index contributed by atoms with van der Waals surface area (Å²) in [5.41, 5.74) is 0.582. The molecule has 1 heterocycles. The molecule has 1 aromatic carbocycles. The van der Waals surface area contributed by atoms with Gasteiger partial charge in [-0.25, -0.2) is 19.5 Å². The van der Waals surface area contributed by atoms with E-state index in [2.05, 4.69) is 4.98 Å². The topological polar surface area (TPSA) is 87.2 Å². The van der Waals surface area contributed by atoms with Gasteiger partial charge in [0.1, 0.15) is 11.4 Å². The van der Waals surface area contributed by atoms with Crippen LogP contribution in [-0.2, 0) is 25.5 Å². The molecule has 0 aliphatic heterocycles. The normalized spacial score (nSPS) is 12.4. The van der Waals surface area contributed by atoms with Crippen molar-refractivity contribution in [3.05, 3.63) is 40.9 Å². The number of methoxy groups -OCH3 is 1. The van der Waals surface area contributed by atoms with Gasteiger partial charge in [-0.3, -0.25) is 0 Å². The van der Waals surface area contributed by atoms with Crippen LogP contribution >= 0.6 is 11.3 Å². The van der Waals surface area contributed by atoms with Gasteiger partial charge in [0.05, 0.1) is 32.1 Å². The van der Waals surface area contributed by atoms with Gasteiger partial charge in [0.25, 0.3) is 0 Å². The van der Waals surface area contributed by atoms with Gasteiger partial charge in [0.2, 0.25) is 0 Å².